The number of aromatic nitrogens is 1. The van der Waals surface area contributed by atoms with E-state index in [9.17, 15) is 4.79 Å². The molecule has 0 saturated carbocycles. The summed E-state index contributed by atoms with van der Waals surface area (Å²) in [5, 5.41) is 17.6. The van der Waals surface area contributed by atoms with Crippen molar-refractivity contribution < 1.29 is 15.0 Å². The fourth-order valence-corrected chi connectivity index (χ4v) is 1.43. The highest BCUT2D eigenvalue weighted by Crippen LogP contribution is 2.11. The molecule has 0 amide bonds. The number of carbonyl (C=O) groups is 1. The molecule has 0 aliphatic rings. The van der Waals surface area contributed by atoms with Gasteiger partial charge in [-0.3, -0.25) is 0 Å². The molecule has 0 spiro atoms. The zero-order valence-electron chi connectivity index (χ0n) is 9.26. The third kappa shape index (κ3) is 3.20. The van der Waals surface area contributed by atoms with Crippen molar-refractivity contribution in [1.29, 1.82) is 0 Å². The Labute approximate surface area is 94.4 Å². The van der Waals surface area contributed by atoms with Gasteiger partial charge in [0.05, 0.1) is 12.2 Å². The first-order valence-electron chi connectivity index (χ1n) is 5.24. The first kappa shape index (κ1) is 12.4. The minimum Gasteiger partial charge on any atom is -0.478 e. The maximum absolute atomic E-state index is 10.6. The molecule has 1 rings (SSSR count). The number of aliphatic hydroxyl groups is 1. The number of rotatable bonds is 6. The Balaban J connectivity index is 2.80. The molecular formula is C11H16N2O3. The van der Waals surface area contributed by atoms with E-state index >= 15 is 0 Å². The number of nitrogens with zero attached hydrogens (tertiary/aromatic N) is 2. The summed E-state index contributed by atoms with van der Waals surface area (Å²) in [7, 11) is 0. The van der Waals surface area contributed by atoms with Gasteiger partial charge in [-0.05, 0) is 18.6 Å². The average Bonchev–Trinajstić information content (AvgIpc) is 2.29. The van der Waals surface area contributed by atoms with E-state index < -0.39 is 5.97 Å². The van der Waals surface area contributed by atoms with Crippen LogP contribution in [0.15, 0.2) is 18.3 Å². The van der Waals surface area contributed by atoms with Gasteiger partial charge in [-0.2, -0.15) is 0 Å². The van der Waals surface area contributed by atoms with E-state index in [4.69, 9.17) is 10.2 Å². The van der Waals surface area contributed by atoms with E-state index in [1.165, 1.54) is 12.3 Å². The number of aliphatic hydroxyl groups excluding tert-OH is 1. The van der Waals surface area contributed by atoms with Crippen molar-refractivity contribution >= 4 is 11.8 Å². The third-order valence-corrected chi connectivity index (χ3v) is 2.18. The molecule has 0 bridgehead atoms. The Morgan fingerprint density at radius 3 is 2.62 bits per heavy atom. The molecule has 1 heterocycles. The lowest BCUT2D eigenvalue weighted by atomic mass is 10.3. The van der Waals surface area contributed by atoms with Crippen LogP contribution in [0, 0.1) is 0 Å². The van der Waals surface area contributed by atoms with Crippen molar-refractivity contribution in [3.05, 3.63) is 23.9 Å². The second-order valence-corrected chi connectivity index (χ2v) is 3.42. The maximum Gasteiger partial charge on any atom is 0.337 e. The monoisotopic (exact) mass is 224 g/mol. The van der Waals surface area contributed by atoms with Gasteiger partial charge < -0.3 is 15.1 Å². The molecule has 0 saturated heterocycles. The highest BCUT2D eigenvalue weighted by Gasteiger charge is 2.08. The molecular weight excluding hydrogens is 208 g/mol. The number of carboxylic acid groups (broad SMARTS) is 1. The summed E-state index contributed by atoms with van der Waals surface area (Å²) < 4.78 is 0. The molecule has 0 fully saturated rings. The normalized spacial score (nSPS) is 10.1. The largest absolute Gasteiger partial charge is 0.478 e. The number of carboxylic acids is 1. The standard InChI is InChI=1S/C11H16N2O3/c1-2-5-13(6-7-14)10-4-3-9(8-12-10)11(15)16/h3-4,8,14H,2,5-7H2,1H3,(H,15,16). The molecule has 5 heteroatoms. The van der Waals surface area contributed by atoms with Crippen molar-refractivity contribution in [1.82, 2.24) is 4.98 Å². The predicted molar refractivity (Wildman–Crippen MR) is 60.8 cm³/mol. The van der Waals surface area contributed by atoms with E-state index in [0.717, 1.165) is 13.0 Å². The number of hydrogen-bond acceptors (Lipinski definition) is 4. The van der Waals surface area contributed by atoms with Crippen LogP contribution in [0.25, 0.3) is 0 Å². The lowest BCUT2D eigenvalue weighted by Crippen LogP contribution is -2.28. The maximum atomic E-state index is 10.6. The van der Waals surface area contributed by atoms with Crippen LogP contribution in [-0.4, -0.2) is 40.9 Å². The molecule has 5 nitrogen and oxygen atoms in total. The molecule has 2 N–H and O–H groups in total. The zero-order chi connectivity index (χ0) is 12.0. The molecule has 1 aromatic heterocycles. The predicted octanol–water partition coefficient (Wildman–Crippen LogP) is 0.989. The van der Waals surface area contributed by atoms with Gasteiger partial charge in [0.15, 0.2) is 0 Å². The van der Waals surface area contributed by atoms with Crippen LogP contribution < -0.4 is 4.90 Å². The lowest BCUT2D eigenvalue weighted by molar-refractivity contribution is 0.0696. The second kappa shape index (κ2) is 6.07. The van der Waals surface area contributed by atoms with E-state index in [1.807, 2.05) is 11.8 Å². The van der Waals surface area contributed by atoms with Gasteiger partial charge in [0.1, 0.15) is 5.82 Å². The number of pyridine rings is 1. The Bertz CT molecular complexity index is 332. The van der Waals surface area contributed by atoms with Crippen molar-refractivity contribution in [3.8, 4) is 0 Å². The smallest absolute Gasteiger partial charge is 0.337 e. The Kier molecular flexibility index (Phi) is 4.72. The van der Waals surface area contributed by atoms with Crippen molar-refractivity contribution in [2.75, 3.05) is 24.6 Å². The van der Waals surface area contributed by atoms with Crippen LogP contribution >= 0.6 is 0 Å². The molecule has 0 aliphatic heterocycles. The molecule has 1 aromatic rings. The van der Waals surface area contributed by atoms with Crippen LogP contribution in [0.3, 0.4) is 0 Å². The molecule has 0 atom stereocenters. The van der Waals surface area contributed by atoms with Gasteiger partial charge in [-0.25, -0.2) is 9.78 Å². The third-order valence-electron chi connectivity index (χ3n) is 2.18. The Morgan fingerprint density at radius 2 is 2.19 bits per heavy atom. The highest BCUT2D eigenvalue weighted by molar-refractivity contribution is 5.87. The number of anilines is 1. The minimum atomic E-state index is -0.983. The van der Waals surface area contributed by atoms with E-state index in [0.29, 0.717) is 12.4 Å². The van der Waals surface area contributed by atoms with Gasteiger partial charge in [0.25, 0.3) is 0 Å². The summed E-state index contributed by atoms with van der Waals surface area (Å²) in [6.07, 6.45) is 2.28. The summed E-state index contributed by atoms with van der Waals surface area (Å²) in [5.74, 6) is -0.288. The molecule has 0 radical (unpaired) electrons. The summed E-state index contributed by atoms with van der Waals surface area (Å²) >= 11 is 0. The van der Waals surface area contributed by atoms with Crippen molar-refractivity contribution in [3.63, 3.8) is 0 Å². The van der Waals surface area contributed by atoms with Gasteiger partial charge in [-0.1, -0.05) is 6.92 Å². The Morgan fingerprint density at radius 1 is 1.44 bits per heavy atom. The summed E-state index contributed by atoms with van der Waals surface area (Å²) in [4.78, 5) is 16.6. The summed E-state index contributed by atoms with van der Waals surface area (Å²) in [6, 6.07) is 3.18. The van der Waals surface area contributed by atoms with Gasteiger partial charge in [0, 0.05) is 19.3 Å². The topological polar surface area (TPSA) is 73.7 Å². The second-order valence-electron chi connectivity index (χ2n) is 3.42. The lowest BCUT2D eigenvalue weighted by Gasteiger charge is -2.21. The number of hydrogen-bond donors (Lipinski definition) is 2. The van der Waals surface area contributed by atoms with Crippen molar-refractivity contribution in [2.45, 2.75) is 13.3 Å². The van der Waals surface area contributed by atoms with Gasteiger partial charge >= 0.3 is 5.97 Å². The van der Waals surface area contributed by atoms with Crippen LogP contribution in [0.5, 0.6) is 0 Å². The summed E-state index contributed by atoms with van der Waals surface area (Å²) in [5.41, 5.74) is 0.171. The van der Waals surface area contributed by atoms with Crippen LogP contribution in [-0.2, 0) is 0 Å². The molecule has 16 heavy (non-hydrogen) atoms. The molecule has 0 aliphatic carbocycles. The van der Waals surface area contributed by atoms with Gasteiger partial charge in [-0.15, -0.1) is 0 Å². The van der Waals surface area contributed by atoms with Crippen molar-refractivity contribution in [2.24, 2.45) is 0 Å². The molecule has 0 unspecified atom stereocenters. The highest BCUT2D eigenvalue weighted by atomic mass is 16.4. The quantitative estimate of drug-likeness (QED) is 0.753. The minimum absolute atomic E-state index is 0.0579. The SMILES string of the molecule is CCCN(CCO)c1ccc(C(=O)O)cn1. The fraction of sp³-hybridized carbons (Fsp3) is 0.455. The van der Waals surface area contributed by atoms with E-state index in [2.05, 4.69) is 4.98 Å². The van der Waals surface area contributed by atoms with Gasteiger partial charge in [0.2, 0.25) is 0 Å². The van der Waals surface area contributed by atoms with Crippen LogP contribution in [0.1, 0.15) is 23.7 Å². The zero-order valence-corrected chi connectivity index (χ0v) is 9.26. The molecule has 88 valence electrons. The van der Waals surface area contributed by atoms with Crippen LogP contribution in [0.2, 0.25) is 0 Å². The summed E-state index contributed by atoms with van der Waals surface area (Å²) in [6.45, 7) is 3.39. The van der Waals surface area contributed by atoms with Crippen LogP contribution in [0.4, 0.5) is 5.82 Å². The fourth-order valence-electron chi connectivity index (χ4n) is 1.43. The Hall–Kier alpha value is -1.62. The molecule has 0 aromatic carbocycles. The van der Waals surface area contributed by atoms with E-state index in [-0.39, 0.29) is 12.2 Å². The first-order valence-corrected chi connectivity index (χ1v) is 5.24. The number of aromatic carboxylic acids is 1. The van der Waals surface area contributed by atoms with E-state index in [1.54, 1.807) is 6.07 Å². The first-order chi connectivity index (χ1) is 7.69. The average molecular weight is 224 g/mol.